The van der Waals surface area contributed by atoms with Gasteiger partial charge in [-0.25, -0.2) is 4.98 Å². The summed E-state index contributed by atoms with van der Waals surface area (Å²) in [5.74, 6) is -0.242. The van der Waals surface area contributed by atoms with Gasteiger partial charge in [0.05, 0.1) is 12.2 Å². The lowest BCUT2D eigenvalue weighted by Gasteiger charge is -2.23. The maximum Gasteiger partial charge on any atom is 0.274 e. The summed E-state index contributed by atoms with van der Waals surface area (Å²) in [6, 6.07) is 16.9. The number of amides is 2. The average Bonchev–Trinajstić information content (AvgIpc) is 3.19. The summed E-state index contributed by atoms with van der Waals surface area (Å²) in [6.45, 7) is 6.39. The van der Waals surface area contributed by atoms with E-state index in [1.165, 1.54) is 11.1 Å². The van der Waals surface area contributed by atoms with E-state index in [9.17, 15) is 9.59 Å². The molecule has 1 saturated heterocycles. The standard InChI is InChI=1S/C27H32N4O2/c1-4-12-30-13-14-31(27(33)25-18-29(3)19-28-25)17-24(26(30)32)16-21-8-10-22(11-9-21)23-7-5-6-20(2)15-23/h5-11,15,18-19,24H,4,12-14,16-17H2,1-3H3/t24-/m0/s1. The molecule has 1 atom stereocenters. The van der Waals surface area contributed by atoms with Crippen molar-refractivity contribution in [1.29, 1.82) is 0 Å². The molecule has 1 aliphatic rings. The van der Waals surface area contributed by atoms with Crippen molar-refractivity contribution in [2.75, 3.05) is 26.2 Å². The molecule has 1 aliphatic heterocycles. The van der Waals surface area contributed by atoms with Crippen molar-refractivity contribution in [3.05, 3.63) is 77.9 Å². The van der Waals surface area contributed by atoms with Crippen LogP contribution in [0.5, 0.6) is 0 Å². The van der Waals surface area contributed by atoms with E-state index in [4.69, 9.17) is 0 Å². The number of aryl methyl sites for hydroxylation is 2. The summed E-state index contributed by atoms with van der Waals surface area (Å²) in [5.41, 5.74) is 5.11. The first-order chi connectivity index (χ1) is 15.9. The minimum atomic E-state index is -0.267. The Bertz CT molecular complexity index is 1120. The van der Waals surface area contributed by atoms with E-state index in [1.807, 2.05) is 11.9 Å². The molecule has 0 saturated carbocycles. The molecule has 1 aromatic heterocycles. The molecule has 2 amide bonds. The van der Waals surface area contributed by atoms with Gasteiger partial charge in [-0.1, -0.05) is 61.0 Å². The van der Waals surface area contributed by atoms with Crippen LogP contribution >= 0.6 is 0 Å². The van der Waals surface area contributed by atoms with Gasteiger partial charge in [-0.15, -0.1) is 0 Å². The molecular weight excluding hydrogens is 412 g/mol. The van der Waals surface area contributed by atoms with Crippen molar-refractivity contribution in [1.82, 2.24) is 19.4 Å². The Labute approximate surface area is 195 Å². The molecule has 6 nitrogen and oxygen atoms in total. The summed E-state index contributed by atoms with van der Waals surface area (Å²) in [5, 5.41) is 0. The summed E-state index contributed by atoms with van der Waals surface area (Å²) in [7, 11) is 1.85. The second-order valence-corrected chi connectivity index (χ2v) is 8.97. The fourth-order valence-corrected chi connectivity index (χ4v) is 4.50. The maximum atomic E-state index is 13.3. The van der Waals surface area contributed by atoms with Gasteiger partial charge >= 0.3 is 0 Å². The van der Waals surface area contributed by atoms with Crippen LogP contribution in [0.15, 0.2) is 61.1 Å². The zero-order valence-corrected chi connectivity index (χ0v) is 19.7. The zero-order valence-electron chi connectivity index (χ0n) is 19.7. The molecular formula is C27H32N4O2. The molecule has 33 heavy (non-hydrogen) atoms. The molecule has 6 heteroatoms. The molecule has 4 rings (SSSR count). The second-order valence-electron chi connectivity index (χ2n) is 8.97. The summed E-state index contributed by atoms with van der Waals surface area (Å²) < 4.78 is 1.77. The number of carbonyl (C=O) groups is 2. The molecule has 3 aromatic rings. The Morgan fingerprint density at radius 3 is 2.55 bits per heavy atom. The maximum absolute atomic E-state index is 13.3. The highest BCUT2D eigenvalue weighted by molar-refractivity contribution is 5.93. The first-order valence-electron chi connectivity index (χ1n) is 11.7. The van der Waals surface area contributed by atoms with Crippen molar-refractivity contribution in [3.8, 4) is 11.1 Å². The van der Waals surface area contributed by atoms with Gasteiger partial charge in [-0.2, -0.15) is 0 Å². The summed E-state index contributed by atoms with van der Waals surface area (Å²) in [4.78, 5) is 34.4. The Balaban J connectivity index is 1.54. The third-order valence-electron chi connectivity index (χ3n) is 6.23. The lowest BCUT2D eigenvalue weighted by Crippen LogP contribution is -2.38. The van der Waals surface area contributed by atoms with Gasteiger partial charge in [0.15, 0.2) is 0 Å². The molecule has 0 bridgehead atoms. The second kappa shape index (κ2) is 10.0. The highest BCUT2D eigenvalue weighted by Crippen LogP contribution is 2.23. The molecule has 0 unspecified atom stereocenters. The first-order valence-corrected chi connectivity index (χ1v) is 11.7. The van der Waals surface area contributed by atoms with Gasteiger partial charge in [0, 0.05) is 39.4 Å². The number of benzene rings is 2. The van der Waals surface area contributed by atoms with Crippen molar-refractivity contribution in [3.63, 3.8) is 0 Å². The molecule has 2 aromatic carbocycles. The van der Waals surface area contributed by atoms with Crippen LogP contribution in [-0.4, -0.2) is 57.3 Å². The van der Waals surface area contributed by atoms with Crippen LogP contribution < -0.4 is 0 Å². The predicted molar refractivity (Wildman–Crippen MR) is 130 cm³/mol. The SMILES string of the molecule is CCCN1CCN(C(=O)c2cn(C)cn2)C[C@H](Cc2ccc(-c3cccc(C)c3)cc2)C1=O. The van der Waals surface area contributed by atoms with Crippen LogP contribution in [0, 0.1) is 12.8 Å². The number of nitrogens with zero attached hydrogens (tertiary/aromatic N) is 4. The van der Waals surface area contributed by atoms with Crippen LogP contribution in [0.1, 0.15) is 35.0 Å². The van der Waals surface area contributed by atoms with E-state index in [-0.39, 0.29) is 17.7 Å². The largest absolute Gasteiger partial charge is 0.341 e. The van der Waals surface area contributed by atoms with Crippen molar-refractivity contribution >= 4 is 11.8 Å². The van der Waals surface area contributed by atoms with Crippen molar-refractivity contribution < 1.29 is 9.59 Å². The first kappa shape index (κ1) is 22.8. The molecule has 0 aliphatic carbocycles. The molecule has 0 spiro atoms. The number of rotatable bonds is 6. The average molecular weight is 445 g/mol. The zero-order chi connectivity index (χ0) is 23.4. The number of carbonyl (C=O) groups excluding carboxylic acids is 2. The minimum Gasteiger partial charge on any atom is -0.341 e. The lowest BCUT2D eigenvalue weighted by molar-refractivity contribution is -0.134. The number of imidazole rings is 1. The topological polar surface area (TPSA) is 58.4 Å². The lowest BCUT2D eigenvalue weighted by atomic mass is 9.95. The monoisotopic (exact) mass is 444 g/mol. The van der Waals surface area contributed by atoms with E-state index in [1.54, 1.807) is 22.0 Å². The van der Waals surface area contributed by atoms with Gasteiger partial charge in [0.1, 0.15) is 5.69 Å². The predicted octanol–water partition coefficient (Wildman–Crippen LogP) is 3.95. The van der Waals surface area contributed by atoms with Crippen LogP contribution in [0.4, 0.5) is 0 Å². The summed E-state index contributed by atoms with van der Waals surface area (Å²) >= 11 is 0. The Kier molecular flexibility index (Phi) is 6.92. The van der Waals surface area contributed by atoms with Crippen LogP contribution in [0.2, 0.25) is 0 Å². The van der Waals surface area contributed by atoms with Gasteiger partial charge in [-0.05, 0) is 36.5 Å². The Morgan fingerprint density at radius 1 is 1.09 bits per heavy atom. The third-order valence-corrected chi connectivity index (χ3v) is 6.23. The third kappa shape index (κ3) is 5.33. The highest BCUT2D eigenvalue weighted by Gasteiger charge is 2.32. The van der Waals surface area contributed by atoms with E-state index in [2.05, 4.69) is 67.4 Å². The molecule has 0 radical (unpaired) electrons. The van der Waals surface area contributed by atoms with E-state index < -0.39 is 0 Å². The molecule has 2 heterocycles. The quantitative estimate of drug-likeness (QED) is 0.579. The molecule has 0 N–H and O–H groups in total. The van der Waals surface area contributed by atoms with Gasteiger partial charge < -0.3 is 14.4 Å². The Hall–Kier alpha value is -3.41. The van der Waals surface area contributed by atoms with Crippen molar-refractivity contribution in [2.24, 2.45) is 13.0 Å². The minimum absolute atomic E-state index is 0.110. The van der Waals surface area contributed by atoms with Crippen molar-refractivity contribution in [2.45, 2.75) is 26.7 Å². The molecule has 1 fully saturated rings. The van der Waals surface area contributed by atoms with Crippen LogP contribution in [0.25, 0.3) is 11.1 Å². The van der Waals surface area contributed by atoms with E-state index in [0.717, 1.165) is 17.5 Å². The normalized spacial score (nSPS) is 16.7. The van der Waals surface area contributed by atoms with Gasteiger partial charge in [0.25, 0.3) is 5.91 Å². The Morgan fingerprint density at radius 2 is 1.88 bits per heavy atom. The summed E-state index contributed by atoms with van der Waals surface area (Å²) in [6.07, 6.45) is 4.88. The number of hydrogen-bond acceptors (Lipinski definition) is 3. The highest BCUT2D eigenvalue weighted by atomic mass is 16.2. The van der Waals surface area contributed by atoms with Crippen LogP contribution in [-0.2, 0) is 18.3 Å². The van der Waals surface area contributed by atoms with E-state index >= 15 is 0 Å². The van der Waals surface area contributed by atoms with Gasteiger partial charge in [0.2, 0.25) is 5.91 Å². The van der Waals surface area contributed by atoms with Crippen LogP contribution in [0.3, 0.4) is 0 Å². The number of aromatic nitrogens is 2. The van der Waals surface area contributed by atoms with E-state index in [0.29, 0.717) is 38.3 Å². The molecule has 172 valence electrons. The van der Waals surface area contributed by atoms with Gasteiger partial charge in [-0.3, -0.25) is 9.59 Å². The fourth-order valence-electron chi connectivity index (χ4n) is 4.50. The number of hydrogen-bond donors (Lipinski definition) is 0. The fraction of sp³-hybridized carbons (Fsp3) is 0.370. The smallest absolute Gasteiger partial charge is 0.274 e.